The molecule has 2 nitrogen and oxygen atoms in total. The van der Waals surface area contributed by atoms with Crippen LogP contribution in [-0.2, 0) is 5.92 Å². The fraction of sp³-hybridized carbons (Fsp3) is 0.406. The molecule has 0 N–H and O–H groups in total. The van der Waals surface area contributed by atoms with Crippen LogP contribution in [-0.4, -0.2) is 17.3 Å². The Morgan fingerprint density at radius 1 is 1.03 bits per heavy atom. The lowest BCUT2D eigenvalue weighted by Gasteiger charge is -2.24. The first-order chi connectivity index (χ1) is 17.0. The van der Waals surface area contributed by atoms with E-state index in [2.05, 4.69) is 66.2 Å². The Balaban J connectivity index is -0.00000108. The van der Waals surface area contributed by atoms with Crippen LogP contribution in [0.15, 0.2) is 96.8 Å². The van der Waals surface area contributed by atoms with E-state index >= 15 is 0 Å². The summed E-state index contributed by atoms with van der Waals surface area (Å²) in [6.07, 6.45) is 9.39. The quantitative estimate of drug-likeness (QED) is 0.223. The maximum atomic E-state index is 13.6. The molecule has 1 aliphatic rings. The molecule has 0 saturated carbocycles. The molecule has 4 heteroatoms. The Bertz CT molecular complexity index is 891. The van der Waals surface area contributed by atoms with Crippen LogP contribution < -0.4 is 0 Å². The molecule has 0 aromatic heterocycles. The highest BCUT2D eigenvalue weighted by atomic mass is 19.3. The van der Waals surface area contributed by atoms with Crippen molar-refractivity contribution in [1.29, 1.82) is 0 Å². The van der Waals surface area contributed by atoms with Gasteiger partial charge in [0.1, 0.15) is 0 Å². The van der Waals surface area contributed by atoms with Crippen LogP contribution >= 0.6 is 0 Å². The van der Waals surface area contributed by atoms with E-state index < -0.39 is 5.92 Å². The molecule has 0 amide bonds. The van der Waals surface area contributed by atoms with Crippen LogP contribution in [0.5, 0.6) is 0 Å². The lowest BCUT2D eigenvalue weighted by molar-refractivity contribution is 0.0174. The summed E-state index contributed by atoms with van der Waals surface area (Å²) in [6, 6.07) is 6.57. The molecule has 202 valence electrons. The van der Waals surface area contributed by atoms with Gasteiger partial charge in [0.25, 0.3) is 5.92 Å². The van der Waals surface area contributed by atoms with Crippen LogP contribution in [0.2, 0.25) is 0 Å². The summed E-state index contributed by atoms with van der Waals surface area (Å²) in [5.74, 6) is -2.84. The molecule has 0 unspecified atom stereocenters. The monoisotopic (exact) mass is 500 g/mol. The van der Waals surface area contributed by atoms with E-state index in [0.29, 0.717) is 6.54 Å². The lowest BCUT2D eigenvalue weighted by Crippen LogP contribution is -2.20. The molecule has 0 fully saturated rings. The Morgan fingerprint density at radius 3 is 2.00 bits per heavy atom. The van der Waals surface area contributed by atoms with Crippen molar-refractivity contribution < 1.29 is 8.78 Å². The standard InChI is InChI=1S/C23H28F2N2.C3H8.C2H6.2C2H4/c1-16(2)10-11-17(3)19(5)26-27-13-12-21(14-18(27)4)20-8-7-9-22(15-20)23(6,24)25;1-3-2;3*1-2/h7-12,14-15H,13H2,1-6H3;3H2,1-2H3;1-2H3;2*1-2H2/b17-11+,26-19+;;;;. The van der Waals surface area contributed by atoms with Gasteiger partial charge in [-0.15, -0.1) is 26.3 Å². The first-order valence-electron chi connectivity index (χ1n) is 12.5. The summed E-state index contributed by atoms with van der Waals surface area (Å²) >= 11 is 0. The molecule has 0 atom stereocenters. The number of rotatable bonds is 5. The van der Waals surface area contributed by atoms with Crippen LogP contribution in [0, 0.1) is 0 Å². The second-order valence-electron chi connectivity index (χ2n) is 7.98. The van der Waals surface area contributed by atoms with Gasteiger partial charge in [-0.05, 0) is 63.5 Å². The first-order valence-corrected chi connectivity index (χ1v) is 12.5. The average Bonchev–Trinajstić information content (AvgIpc) is 2.87. The van der Waals surface area contributed by atoms with Gasteiger partial charge >= 0.3 is 0 Å². The fourth-order valence-electron chi connectivity index (χ4n) is 2.65. The Hall–Kier alpha value is -3.01. The van der Waals surface area contributed by atoms with Crippen molar-refractivity contribution in [1.82, 2.24) is 5.01 Å². The average molecular weight is 501 g/mol. The third-order valence-corrected chi connectivity index (χ3v) is 4.47. The molecule has 1 heterocycles. The minimum absolute atomic E-state index is 0.0308. The number of halogens is 2. The van der Waals surface area contributed by atoms with E-state index in [4.69, 9.17) is 5.10 Å². The summed E-state index contributed by atoms with van der Waals surface area (Å²) in [7, 11) is 0. The smallest absolute Gasteiger partial charge is 0.266 e. The van der Waals surface area contributed by atoms with Gasteiger partial charge in [-0.2, -0.15) is 5.10 Å². The highest BCUT2D eigenvalue weighted by molar-refractivity contribution is 5.97. The molecule has 0 spiro atoms. The topological polar surface area (TPSA) is 15.6 Å². The molecule has 36 heavy (non-hydrogen) atoms. The maximum absolute atomic E-state index is 13.6. The van der Waals surface area contributed by atoms with Gasteiger partial charge in [0.2, 0.25) is 0 Å². The van der Waals surface area contributed by atoms with Crippen molar-refractivity contribution in [3.05, 3.63) is 103 Å². The van der Waals surface area contributed by atoms with Gasteiger partial charge in [0.05, 0.1) is 12.3 Å². The number of hydrogen-bond acceptors (Lipinski definition) is 2. The van der Waals surface area contributed by atoms with E-state index in [1.807, 2.05) is 57.8 Å². The fourth-order valence-corrected chi connectivity index (χ4v) is 2.65. The molecular weight excluding hydrogens is 450 g/mol. The third-order valence-electron chi connectivity index (χ3n) is 4.47. The van der Waals surface area contributed by atoms with Crippen LogP contribution in [0.3, 0.4) is 0 Å². The molecule has 0 saturated heterocycles. The zero-order chi connectivity index (χ0) is 28.9. The van der Waals surface area contributed by atoms with Crippen molar-refractivity contribution in [2.75, 3.05) is 6.54 Å². The molecule has 1 aromatic carbocycles. The number of hydrazone groups is 1. The molecule has 0 aliphatic carbocycles. The molecular formula is C32H50F2N2. The van der Waals surface area contributed by atoms with Gasteiger partial charge < -0.3 is 0 Å². The SMILES string of the molecule is C=C.C=C.CC.CC(C)=C/C=C(C)/C(C)=N/N1CC=C(c2cccc(C(C)(F)F)c2)C=C1C.CCC. The van der Waals surface area contributed by atoms with E-state index in [-0.39, 0.29) is 5.56 Å². The van der Waals surface area contributed by atoms with Gasteiger partial charge in [-0.1, -0.05) is 76.1 Å². The van der Waals surface area contributed by atoms with E-state index in [1.54, 1.807) is 12.1 Å². The van der Waals surface area contributed by atoms with E-state index in [9.17, 15) is 8.78 Å². The van der Waals surface area contributed by atoms with E-state index in [1.165, 1.54) is 18.1 Å². The summed E-state index contributed by atoms with van der Waals surface area (Å²) in [5, 5.41) is 6.63. The predicted molar refractivity (Wildman–Crippen MR) is 161 cm³/mol. The van der Waals surface area contributed by atoms with E-state index in [0.717, 1.165) is 35.0 Å². The summed E-state index contributed by atoms with van der Waals surface area (Å²) in [6.45, 7) is 31.9. The van der Waals surface area contributed by atoms with Crippen LogP contribution in [0.1, 0.15) is 86.8 Å². The lowest BCUT2D eigenvalue weighted by atomic mass is 9.98. The normalized spacial score (nSPS) is 12.9. The maximum Gasteiger partial charge on any atom is 0.270 e. The van der Waals surface area contributed by atoms with Gasteiger partial charge in [-0.3, -0.25) is 5.01 Å². The second kappa shape index (κ2) is 21.3. The summed E-state index contributed by atoms with van der Waals surface area (Å²) in [4.78, 5) is 0. The van der Waals surface area contributed by atoms with Crippen molar-refractivity contribution in [2.45, 2.75) is 81.6 Å². The van der Waals surface area contributed by atoms with Crippen molar-refractivity contribution in [2.24, 2.45) is 5.10 Å². The largest absolute Gasteiger partial charge is 0.270 e. The minimum Gasteiger partial charge on any atom is -0.266 e. The van der Waals surface area contributed by atoms with Crippen LogP contribution in [0.4, 0.5) is 8.78 Å². The molecule has 1 aromatic rings. The number of hydrogen-bond donors (Lipinski definition) is 0. The zero-order valence-electron chi connectivity index (χ0n) is 24.5. The Morgan fingerprint density at radius 2 is 1.56 bits per heavy atom. The van der Waals surface area contributed by atoms with Gasteiger partial charge in [0.15, 0.2) is 0 Å². The minimum atomic E-state index is -2.84. The highest BCUT2D eigenvalue weighted by Crippen LogP contribution is 2.31. The first kappa shape index (κ1) is 37.5. The highest BCUT2D eigenvalue weighted by Gasteiger charge is 2.24. The third kappa shape index (κ3) is 15.1. The number of alkyl halides is 2. The molecule has 0 bridgehead atoms. The zero-order valence-corrected chi connectivity index (χ0v) is 24.5. The van der Waals surface area contributed by atoms with Crippen molar-refractivity contribution in [3.8, 4) is 0 Å². The second-order valence-corrected chi connectivity index (χ2v) is 7.98. The molecule has 0 radical (unpaired) electrons. The molecule has 2 rings (SSSR count). The number of nitrogens with zero attached hydrogens (tertiary/aromatic N) is 2. The Labute approximate surface area is 221 Å². The number of allylic oxidation sites excluding steroid dienone is 7. The number of benzene rings is 1. The van der Waals surface area contributed by atoms with Crippen LogP contribution in [0.25, 0.3) is 5.57 Å². The van der Waals surface area contributed by atoms with Gasteiger partial charge in [0, 0.05) is 18.2 Å². The van der Waals surface area contributed by atoms with Gasteiger partial charge in [-0.25, -0.2) is 8.78 Å². The van der Waals surface area contributed by atoms with Crippen molar-refractivity contribution in [3.63, 3.8) is 0 Å². The van der Waals surface area contributed by atoms with Crippen molar-refractivity contribution >= 4 is 11.3 Å². The summed E-state index contributed by atoms with van der Waals surface area (Å²) in [5.41, 5.74) is 6.05. The Kier molecular flexibility index (Phi) is 22.2. The molecule has 1 aliphatic heterocycles. The predicted octanol–water partition coefficient (Wildman–Crippen LogP) is 10.7. The summed E-state index contributed by atoms with van der Waals surface area (Å²) < 4.78 is 27.2.